The van der Waals surface area contributed by atoms with Crippen LogP contribution in [0.3, 0.4) is 0 Å². The molecule has 0 aliphatic rings. The van der Waals surface area contributed by atoms with Gasteiger partial charge in [0.1, 0.15) is 5.75 Å². The lowest BCUT2D eigenvalue weighted by Crippen LogP contribution is -2.22. The number of benzene rings is 1. The lowest BCUT2D eigenvalue weighted by Gasteiger charge is -2.09. The Kier molecular flexibility index (Phi) is 6.35. The van der Waals surface area contributed by atoms with Gasteiger partial charge in [-0.1, -0.05) is 23.2 Å². The Balaban J connectivity index is 1.77. The number of carbonyl (C=O) groups is 1. The fourth-order valence-electron chi connectivity index (χ4n) is 2.25. The Labute approximate surface area is 169 Å². The Hall–Kier alpha value is -2.81. The molecule has 0 bridgehead atoms. The summed E-state index contributed by atoms with van der Waals surface area (Å²) in [5.41, 5.74) is 1.15. The topological polar surface area (TPSA) is 97.2 Å². The van der Waals surface area contributed by atoms with E-state index in [1.165, 1.54) is 12.3 Å². The first kappa shape index (κ1) is 19.9. The maximum atomic E-state index is 13.8. The second-order valence-corrected chi connectivity index (χ2v) is 6.40. The largest absolute Gasteiger partial charge is 0.480 e. The number of halogens is 3. The molecule has 0 saturated carbocycles. The predicted octanol–water partition coefficient (Wildman–Crippen LogP) is 3.95. The molecule has 0 atom stereocenters. The van der Waals surface area contributed by atoms with Gasteiger partial charge in [0.2, 0.25) is 0 Å². The van der Waals surface area contributed by atoms with Crippen LogP contribution in [0.2, 0.25) is 10.0 Å². The van der Waals surface area contributed by atoms with Gasteiger partial charge in [-0.2, -0.15) is 0 Å². The van der Waals surface area contributed by atoms with Crippen LogP contribution in [0.1, 0.15) is 5.69 Å². The minimum Gasteiger partial charge on any atom is -0.480 e. The number of nitrogens with zero attached hydrogens (tertiary/aromatic N) is 3. The highest BCUT2D eigenvalue weighted by atomic mass is 35.5. The highest BCUT2D eigenvalue weighted by molar-refractivity contribution is 6.33. The van der Waals surface area contributed by atoms with Crippen molar-refractivity contribution in [2.45, 2.75) is 6.54 Å². The second kappa shape index (κ2) is 8.92. The first-order chi connectivity index (χ1) is 13.4. The zero-order valence-electron chi connectivity index (χ0n) is 14.2. The molecule has 10 heteroatoms. The summed E-state index contributed by atoms with van der Waals surface area (Å²) in [5, 5.41) is 11.9. The van der Waals surface area contributed by atoms with E-state index in [9.17, 15) is 9.18 Å². The van der Waals surface area contributed by atoms with Crippen molar-refractivity contribution in [1.29, 1.82) is 0 Å². The number of pyridine rings is 1. The molecule has 0 aliphatic carbocycles. The van der Waals surface area contributed by atoms with Crippen LogP contribution in [0.25, 0.3) is 11.4 Å². The summed E-state index contributed by atoms with van der Waals surface area (Å²) >= 11 is 12.0. The summed E-state index contributed by atoms with van der Waals surface area (Å²) < 4.78 is 19.2. The van der Waals surface area contributed by atoms with Crippen LogP contribution >= 0.6 is 23.2 Å². The minimum absolute atomic E-state index is 0.160. The third kappa shape index (κ3) is 5.13. The highest BCUT2D eigenvalue weighted by Crippen LogP contribution is 2.32. The van der Waals surface area contributed by atoms with E-state index in [0.29, 0.717) is 22.1 Å². The van der Waals surface area contributed by atoms with Gasteiger partial charge >= 0.3 is 5.97 Å². The van der Waals surface area contributed by atoms with Crippen molar-refractivity contribution in [3.63, 3.8) is 0 Å². The van der Waals surface area contributed by atoms with Crippen LogP contribution in [0.15, 0.2) is 42.7 Å². The van der Waals surface area contributed by atoms with Crippen LogP contribution in [-0.4, -0.2) is 32.6 Å². The van der Waals surface area contributed by atoms with E-state index in [4.69, 9.17) is 33.0 Å². The van der Waals surface area contributed by atoms with Gasteiger partial charge in [-0.15, -0.1) is 0 Å². The quantitative estimate of drug-likeness (QED) is 0.594. The Bertz CT molecular complexity index is 1020. The van der Waals surface area contributed by atoms with E-state index in [1.54, 1.807) is 24.4 Å². The lowest BCUT2D eigenvalue weighted by molar-refractivity contribution is -0.136. The molecule has 0 saturated heterocycles. The Morgan fingerprint density at radius 2 is 2.04 bits per heavy atom. The number of hydrogen-bond acceptors (Lipinski definition) is 6. The van der Waals surface area contributed by atoms with Gasteiger partial charge in [0.25, 0.3) is 5.88 Å². The molecule has 2 aromatic heterocycles. The van der Waals surface area contributed by atoms with Crippen molar-refractivity contribution in [2.75, 3.05) is 6.54 Å². The molecule has 7 nitrogen and oxygen atoms in total. The van der Waals surface area contributed by atoms with E-state index in [0.717, 1.165) is 6.07 Å². The van der Waals surface area contributed by atoms with Crippen molar-refractivity contribution < 1.29 is 19.0 Å². The lowest BCUT2D eigenvalue weighted by atomic mass is 10.2. The van der Waals surface area contributed by atoms with E-state index in [-0.39, 0.29) is 29.7 Å². The molecule has 0 aliphatic heterocycles. The SMILES string of the molecule is O=C(O)CNCc1ccnc(-c2ccc(Oc3ncc(Cl)cc3F)cc2Cl)n1. The number of aromatic nitrogens is 3. The summed E-state index contributed by atoms with van der Waals surface area (Å²) in [7, 11) is 0. The van der Waals surface area contributed by atoms with Crippen LogP contribution in [0.4, 0.5) is 4.39 Å². The molecule has 2 heterocycles. The van der Waals surface area contributed by atoms with Crippen molar-refractivity contribution in [3.8, 4) is 23.0 Å². The van der Waals surface area contributed by atoms with Gasteiger partial charge in [0.15, 0.2) is 11.6 Å². The molecule has 3 aromatic rings. The minimum atomic E-state index is -0.959. The Morgan fingerprint density at radius 3 is 2.75 bits per heavy atom. The zero-order valence-corrected chi connectivity index (χ0v) is 15.7. The van der Waals surface area contributed by atoms with E-state index in [1.807, 2.05) is 0 Å². The maximum absolute atomic E-state index is 13.8. The first-order valence-electron chi connectivity index (χ1n) is 7.95. The van der Waals surface area contributed by atoms with Gasteiger partial charge in [0, 0.05) is 30.6 Å². The summed E-state index contributed by atoms with van der Waals surface area (Å²) in [6, 6.07) is 7.46. The van der Waals surface area contributed by atoms with E-state index >= 15 is 0 Å². The highest BCUT2D eigenvalue weighted by Gasteiger charge is 2.12. The van der Waals surface area contributed by atoms with Crippen molar-refractivity contribution in [1.82, 2.24) is 20.3 Å². The molecule has 2 N–H and O–H groups in total. The molecule has 144 valence electrons. The van der Waals surface area contributed by atoms with Gasteiger partial charge in [-0.3, -0.25) is 4.79 Å². The van der Waals surface area contributed by atoms with E-state index < -0.39 is 11.8 Å². The second-order valence-electron chi connectivity index (χ2n) is 5.55. The monoisotopic (exact) mass is 422 g/mol. The maximum Gasteiger partial charge on any atom is 0.317 e. The summed E-state index contributed by atoms with van der Waals surface area (Å²) in [4.78, 5) is 22.9. The number of hydrogen-bond donors (Lipinski definition) is 2. The molecule has 0 unspecified atom stereocenters. The van der Waals surface area contributed by atoms with Gasteiger partial charge in [-0.25, -0.2) is 19.3 Å². The third-order valence-electron chi connectivity index (χ3n) is 3.47. The zero-order chi connectivity index (χ0) is 20.1. The molecular weight excluding hydrogens is 410 g/mol. The normalized spacial score (nSPS) is 10.7. The van der Waals surface area contributed by atoms with Gasteiger partial charge in [0.05, 0.1) is 22.3 Å². The van der Waals surface area contributed by atoms with Crippen molar-refractivity contribution in [2.24, 2.45) is 0 Å². The number of nitrogens with one attached hydrogen (secondary N) is 1. The first-order valence-corrected chi connectivity index (χ1v) is 8.71. The molecule has 1 aromatic carbocycles. The van der Waals surface area contributed by atoms with Crippen LogP contribution in [-0.2, 0) is 11.3 Å². The molecule has 0 fully saturated rings. The van der Waals surface area contributed by atoms with Crippen molar-refractivity contribution >= 4 is 29.2 Å². The number of carboxylic acids is 1. The average Bonchev–Trinajstić information content (AvgIpc) is 2.64. The van der Waals surface area contributed by atoms with Gasteiger partial charge < -0.3 is 15.2 Å². The van der Waals surface area contributed by atoms with Crippen molar-refractivity contribution in [3.05, 3.63) is 64.3 Å². The average molecular weight is 423 g/mol. The third-order valence-corrected chi connectivity index (χ3v) is 3.99. The van der Waals surface area contributed by atoms with Crippen LogP contribution in [0.5, 0.6) is 11.6 Å². The molecular formula is C18H13Cl2FN4O3. The molecule has 0 amide bonds. The number of ether oxygens (including phenoxy) is 1. The smallest absolute Gasteiger partial charge is 0.317 e. The fourth-order valence-corrected chi connectivity index (χ4v) is 2.65. The molecule has 0 radical (unpaired) electrons. The summed E-state index contributed by atoms with van der Waals surface area (Å²) in [6.45, 7) is 0.0869. The number of rotatable bonds is 7. The standard InChI is InChI=1S/C18H13Cl2FN4O3/c19-10-5-15(21)18(24-7-10)28-12-1-2-13(14(20)6-12)17-23-4-3-11(25-17)8-22-9-16(26)27/h1-7,22H,8-9H2,(H,26,27). The molecule has 3 rings (SSSR count). The van der Waals surface area contributed by atoms with Gasteiger partial charge in [-0.05, 0) is 24.3 Å². The Morgan fingerprint density at radius 1 is 1.21 bits per heavy atom. The molecule has 0 spiro atoms. The molecule has 28 heavy (non-hydrogen) atoms. The summed E-state index contributed by atoms with van der Waals surface area (Å²) in [6.07, 6.45) is 2.82. The predicted molar refractivity (Wildman–Crippen MR) is 101 cm³/mol. The number of carboxylic acid groups (broad SMARTS) is 1. The fraction of sp³-hybridized carbons (Fsp3) is 0.111. The van der Waals surface area contributed by atoms with Crippen LogP contribution in [0, 0.1) is 5.82 Å². The number of aliphatic carboxylic acids is 1. The summed E-state index contributed by atoms with van der Waals surface area (Å²) in [5.74, 6) is -1.24. The van der Waals surface area contributed by atoms with Crippen LogP contribution < -0.4 is 10.1 Å². The van der Waals surface area contributed by atoms with E-state index in [2.05, 4.69) is 20.3 Å².